The Morgan fingerprint density at radius 3 is 2.89 bits per heavy atom. The van der Waals surface area contributed by atoms with Crippen LogP contribution in [0.1, 0.15) is 20.1 Å². The number of likely N-dealkylation sites (N-methyl/N-ethyl adjacent to an activating group) is 1. The second-order valence-corrected chi connectivity index (χ2v) is 6.26. The molecule has 0 bridgehead atoms. The number of carbonyl (C=O) groups excluding carboxylic acids is 1. The third-order valence-corrected chi connectivity index (χ3v) is 4.74. The molecule has 2 heterocycles. The van der Waals surface area contributed by atoms with Crippen LogP contribution in [0.5, 0.6) is 0 Å². The highest BCUT2D eigenvalue weighted by atomic mass is 32.1. The molecule has 0 saturated carbocycles. The van der Waals surface area contributed by atoms with Gasteiger partial charge in [0, 0.05) is 18.0 Å². The van der Waals surface area contributed by atoms with Gasteiger partial charge in [0.1, 0.15) is 0 Å². The first-order valence-corrected chi connectivity index (χ1v) is 7.75. The lowest BCUT2D eigenvalue weighted by molar-refractivity contribution is 0.0956. The molecule has 4 nitrogen and oxygen atoms in total. The first-order valence-electron chi connectivity index (χ1n) is 5.99. The first-order chi connectivity index (χ1) is 9.20. The summed E-state index contributed by atoms with van der Waals surface area (Å²) in [5, 5.41) is 4.02. The van der Waals surface area contributed by atoms with E-state index in [0.717, 1.165) is 25.1 Å². The lowest BCUT2D eigenvalue weighted by Crippen LogP contribution is -2.30. The third kappa shape index (κ3) is 3.87. The summed E-state index contributed by atoms with van der Waals surface area (Å²) >= 11 is 3.20. The summed E-state index contributed by atoms with van der Waals surface area (Å²) in [5.41, 5.74) is 3.22. The van der Waals surface area contributed by atoms with Crippen molar-refractivity contribution in [1.29, 1.82) is 0 Å². The summed E-state index contributed by atoms with van der Waals surface area (Å²) in [6, 6.07) is 6.20. The largest absolute Gasteiger partial charge is 0.302 e. The predicted octanol–water partition coefficient (Wildman–Crippen LogP) is 2.09. The highest BCUT2D eigenvalue weighted by Crippen LogP contribution is 2.18. The van der Waals surface area contributed by atoms with Gasteiger partial charge in [0.25, 0.3) is 5.91 Å². The number of nitrogens with zero attached hydrogens (tertiary/aromatic N) is 1. The number of rotatable bonds is 6. The summed E-state index contributed by atoms with van der Waals surface area (Å²) in [5.74, 6) is 4.97. The average Bonchev–Trinajstić information content (AvgIpc) is 3.06. The molecule has 0 aliphatic carbocycles. The van der Waals surface area contributed by atoms with E-state index in [2.05, 4.69) is 34.9 Å². The van der Waals surface area contributed by atoms with Gasteiger partial charge < -0.3 is 4.90 Å². The van der Waals surface area contributed by atoms with Crippen molar-refractivity contribution in [2.24, 2.45) is 5.84 Å². The van der Waals surface area contributed by atoms with E-state index >= 15 is 0 Å². The summed E-state index contributed by atoms with van der Waals surface area (Å²) < 4.78 is 0. The van der Waals surface area contributed by atoms with Crippen LogP contribution >= 0.6 is 22.7 Å². The molecule has 0 unspecified atom stereocenters. The van der Waals surface area contributed by atoms with Crippen molar-refractivity contribution >= 4 is 28.6 Å². The maximum Gasteiger partial charge on any atom is 0.275 e. The molecule has 0 radical (unpaired) electrons. The van der Waals surface area contributed by atoms with E-state index in [1.807, 2.05) is 11.4 Å². The van der Waals surface area contributed by atoms with Crippen LogP contribution in [0, 0.1) is 0 Å². The lowest BCUT2D eigenvalue weighted by atomic mass is 10.2. The Morgan fingerprint density at radius 2 is 2.21 bits per heavy atom. The smallest absolute Gasteiger partial charge is 0.275 e. The molecule has 19 heavy (non-hydrogen) atoms. The number of thiophene rings is 2. The summed E-state index contributed by atoms with van der Waals surface area (Å²) in [6.07, 6.45) is 1.04. The van der Waals surface area contributed by atoms with Crippen molar-refractivity contribution in [1.82, 2.24) is 10.3 Å². The van der Waals surface area contributed by atoms with E-state index in [-0.39, 0.29) is 5.91 Å². The molecule has 0 atom stereocenters. The fourth-order valence-corrected chi connectivity index (χ4v) is 3.37. The number of carbonyl (C=O) groups is 1. The van der Waals surface area contributed by atoms with Gasteiger partial charge in [0.15, 0.2) is 0 Å². The van der Waals surface area contributed by atoms with Crippen LogP contribution in [0.3, 0.4) is 0 Å². The fourth-order valence-electron chi connectivity index (χ4n) is 1.85. The second kappa shape index (κ2) is 6.81. The number of amides is 1. The van der Waals surface area contributed by atoms with Crippen molar-refractivity contribution in [2.45, 2.75) is 13.0 Å². The molecule has 0 spiro atoms. The van der Waals surface area contributed by atoms with Crippen molar-refractivity contribution in [3.05, 3.63) is 44.3 Å². The molecular formula is C13H17N3OS2. The molecule has 2 aromatic rings. The van der Waals surface area contributed by atoms with Crippen molar-refractivity contribution in [2.75, 3.05) is 13.6 Å². The van der Waals surface area contributed by atoms with Crippen LogP contribution in [0.25, 0.3) is 0 Å². The van der Waals surface area contributed by atoms with Crippen LogP contribution in [-0.4, -0.2) is 24.4 Å². The molecule has 2 rings (SSSR count). The standard InChI is InChI=1S/C13H17N3OS2/c1-16(6-4-11-3-2-7-18-11)9-10-5-8-19-12(10)13(17)15-14/h2-3,5,7-8H,4,6,9,14H2,1H3,(H,15,17). The van der Waals surface area contributed by atoms with E-state index in [1.54, 1.807) is 11.3 Å². The van der Waals surface area contributed by atoms with Gasteiger partial charge in [-0.2, -0.15) is 0 Å². The first kappa shape index (κ1) is 14.2. The van der Waals surface area contributed by atoms with Crippen molar-refractivity contribution < 1.29 is 4.79 Å². The van der Waals surface area contributed by atoms with Gasteiger partial charge in [-0.1, -0.05) is 6.07 Å². The topological polar surface area (TPSA) is 58.4 Å². The van der Waals surface area contributed by atoms with Crippen LogP contribution in [0.4, 0.5) is 0 Å². The summed E-state index contributed by atoms with van der Waals surface area (Å²) in [7, 11) is 2.06. The van der Waals surface area contributed by atoms with E-state index in [4.69, 9.17) is 5.84 Å². The molecule has 3 N–H and O–H groups in total. The van der Waals surface area contributed by atoms with E-state index < -0.39 is 0 Å². The van der Waals surface area contributed by atoms with E-state index in [1.165, 1.54) is 16.2 Å². The minimum absolute atomic E-state index is 0.211. The van der Waals surface area contributed by atoms with Gasteiger partial charge in [-0.3, -0.25) is 10.2 Å². The number of hydrogen-bond acceptors (Lipinski definition) is 5. The van der Waals surface area contributed by atoms with E-state index in [0.29, 0.717) is 4.88 Å². The zero-order valence-electron chi connectivity index (χ0n) is 10.8. The zero-order valence-corrected chi connectivity index (χ0v) is 12.4. The van der Waals surface area contributed by atoms with Crippen LogP contribution in [-0.2, 0) is 13.0 Å². The van der Waals surface area contributed by atoms with Gasteiger partial charge in [-0.05, 0) is 41.9 Å². The normalized spacial score (nSPS) is 10.9. The van der Waals surface area contributed by atoms with Crippen LogP contribution in [0.15, 0.2) is 29.0 Å². The highest BCUT2D eigenvalue weighted by molar-refractivity contribution is 7.12. The number of hydrogen-bond donors (Lipinski definition) is 2. The fraction of sp³-hybridized carbons (Fsp3) is 0.308. The Balaban J connectivity index is 1.90. The highest BCUT2D eigenvalue weighted by Gasteiger charge is 2.13. The maximum atomic E-state index is 11.6. The van der Waals surface area contributed by atoms with Gasteiger partial charge >= 0.3 is 0 Å². The molecule has 0 saturated heterocycles. The Kier molecular flexibility index (Phi) is 5.09. The number of nitrogens with one attached hydrogen (secondary N) is 1. The SMILES string of the molecule is CN(CCc1cccs1)Cc1ccsc1C(=O)NN. The second-order valence-electron chi connectivity index (χ2n) is 4.32. The monoisotopic (exact) mass is 295 g/mol. The molecule has 102 valence electrons. The number of nitrogens with two attached hydrogens (primary N) is 1. The Bertz CT molecular complexity index is 522. The molecular weight excluding hydrogens is 278 g/mol. The molecule has 6 heteroatoms. The van der Waals surface area contributed by atoms with Crippen LogP contribution < -0.4 is 11.3 Å². The predicted molar refractivity (Wildman–Crippen MR) is 80.3 cm³/mol. The van der Waals surface area contributed by atoms with Gasteiger partial charge in [0.2, 0.25) is 0 Å². The minimum Gasteiger partial charge on any atom is -0.302 e. The van der Waals surface area contributed by atoms with Crippen LogP contribution in [0.2, 0.25) is 0 Å². The van der Waals surface area contributed by atoms with E-state index in [9.17, 15) is 4.79 Å². The summed E-state index contributed by atoms with van der Waals surface area (Å²) in [6.45, 7) is 1.73. The molecule has 1 amide bonds. The average molecular weight is 295 g/mol. The number of nitrogen functional groups attached to an aromatic ring is 1. The number of hydrazine groups is 1. The Hall–Kier alpha value is -1.21. The van der Waals surface area contributed by atoms with Crippen molar-refractivity contribution in [3.8, 4) is 0 Å². The van der Waals surface area contributed by atoms with Gasteiger partial charge in [-0.15, -0.1) is 22.7 Å². The van der Waals surface area contributed by atoms with Gasteiger partial charge in [0.05, 0.1) is 4.88 Å². The Labute approximate surface area is 120 Å². The maximum absolute atomic E-state index is 11.6. The molecule has 0 aliphatic heterocycles. The lowest BCUT2D eigenvalue weighted by Gasteiger charge is -2.16. The van der Waals surface area contributed by atoms with Gasteiger partial charge in [-0.25, -0.2) is 5.84 Å². The molecule has 2 aromatic heterocycles. The third-order valence-electron chi connectivity index (χ3n) is 2.84. The molecule has 0 aromatic carbocycles. The molecule has 0 fully saturated rings. The quantitative estimate of drug-likeness (QED) is 0.487. The summed E-state index contributed by atoms with van der Waals surface area (Å²) in [4.78, 5) is 15.9. The van der Waals surface area contributed by atoms with Crippen molar-refractivity contribution in [3.63, 3.8) is 0 Å². The molecule has 0 aliphatic rings. The zero-order chi connectivity index (χ0) is 13.7. The minimum atomic E-state index is -0.211. The Morgan fingerprint density at radius 1 is 1.37 bits per heavy atom.